The average molecular weight is 272 g/mol. The maximum atomic E-state index is 12.0. The van der Waals surface area contributed by atoms with Crippen molar-refractivity contribution in [3.8, 4) is 0 Å². The smallest absolute Gasteiger partial charge is 0.265 e. The molecule has 1 N–H and O–H groups in total. The van der Waals surface area contributed by atoms with Gasteiger partial charge in [-0.2, -0.15) is 0 Å². The fourth-order valence-electron chi connectivity index (χ4n) is 1.66. The molecule has 0 bridgehead atoms. The SMILES string of the molecule is O=CCN(NC(=O)C1CC1)C(=O)C=Cc1ccccc1. The lowest BCUT2D eigenvalue weighted by molar-refractivity contribution is -0.139. The van der Waals surface area contributed by atoms with Crippen LogP contribution in [-0.4, -0.2) is 29.7 Å². The molecule has 0 spiro atoms. The molecule has 0 aliphatic heterocycles. The maximum Gasteiger partial charge on any atom is 0.265 e. The molecular formula is C15H16N2O3. The summed E-state index contributed by atoms with van der Waals surface area (Å²) >= 11 is 0. The zero-order chi connectivity index (χ0) is 14.4. The molecule has 0 unspecified atom stereocenters. The third-order valence-electron chi connectivity index (χ3n) is 2.93. The first-order valence-electron chi connectivity index (χ1n) is 6.49. The summed E-state index contributed by atoms with van der Waals surface area (Å²) in [4.78, 5) is 34.2. The van der Waals surface area contributed by atoms with Crippen LogP contribution in [0.5, 0.6) is 0 Å². The summed E-state index contributed by atoms with van der Waals surface area (Å²) in [6.07, 6.45) is 5.25. The van der Waals surface area contributed by atoms with Gasteiger partial charge >= 0.3 is 0 Å². The molecule has 1 fully saturated rings. The third-order valence-corrected chi connectivity index (χ3v) is 2.93. The highest BCUT2D eigenvalue weighted by atomic mass is 16.2. The van der Waals surface area contributed by atoms with E-state index < -0.39 is 5.91 Å². The quantitative estimate of drug-likeness (QED) is 0.497. The second-order valence-electron chi connectivity index (χ2n) is 4.61. The molecule has 0 saturated heterocycles. The van der Waals surface area contributed by atoms with Crippen molar-refractivity contribution in [2.75, 3.05) is 6.54 Å². The van der Waals surface area contributed by atoms with Gasteiger partial charge in [0.05, 0.1) is 6.54 Å². The van der Waals surface area contributed by atoms with Gasteiger partial charge in [-0.15, -0.1) is 0 Å². The Hall–Kier alpha value is -2.43. The first-order chi connectivity index (χ1) is 9.70. The molecule has 0 heterocycles. The Bertz CT molecular complexity index is 521. The van der Waals surface area contributed by atoms with Crippen molar-refractivity contribution in [3.63, 3.8) is 0 Å². The molecule has 0 radical (unpaired) electrons. The average Bonchev–Trinajstić information content (AvgIpc) is 3.30. The number of hydrogen-bond donors (Lipinski definition) is 1. The number of aldehydes is 1. The first kappa shape index (κ1) is 14.0. The van der Waals surface area contributed by atoms with Crippen LogP contribution in [0.15, 0.2) is 36.4 Å². The Balaban J connectivity index is 1.97. The number of hydrazine groups is 1. The van der Waals surface area contributed by atoms with E-state index in [0.717, 1.165) is 23.4 Å². The van der Waals surface area contributed by atoms with Crippen LogP contribution in [0.4, 0.5) is 0 Å². The Morgan fingerprint density at radius 3 is 2.55 bits per heavy atom. The Labute approximate surface area is 117 Å². The number of hydrogen-bond acceptors (Lipinski definition) is 3. The number of carbonyl (C=O) groups excluding carboxylic acids is 3. The molecule has 104 valence electrons. The van der Waals surface area contributed by atoms with Gasteiger partial charge in [0.1, 0.15) is 6.29 Å². The fraction of sp³-hybridized carbons (Fsp3) is 0.267. The Morgan fingerprint density at radius 1 is 1.25 bits per heavy atom. The molecule has 1 aliphatic carbocycles. The fourth-order valence-corrected chi connectivity index (χ4v) is 1.66. The minimum Gasteiger partial charge on any atom is -0.301 e. The maximum absolute atomic E-state index is 12.0. The van der Waals surface area contributed by atoms with Gasteiger partial charge in [-0.1, -0.05) is 30.3 Å². The zero-order valence-electron chi connectivity index (χ0n) is 11.0. The van der Waals surface area contributed by atoms with E-state index in [1.165, 1.54) is 6.08 Å². The normalized spacial score (nSPS) is 14.0. The lowest BCUT2D eigenvalue weighted by atomic mass is 10.2. The molecule has 1 aromatic carbocycles. The first-order valence-corrected chi connectivity index (χ1v) is 6.49. The topological polar surface area (TPSA) is 66.5 Å². The highest BCUT2D eigenvalue weighted by Gasteiger charge is 2.31. The number of nitrogens with zero attached hydrogens (tertiary/aromatic N) is 1. The summed E-state index contributed by atoms with van der Waals surface area (Å²) in [6, 6.07) is 9.32. The van der Waals surface area contributed by atoms with Crippen LogP contribution in [0.3, 0.4) is 0 Å². The van der Waals surface area contributed by atoms with Crippen LogP contribution >= 0.6 is 0 Å². The molecule has 5 heteroatoms. The van der Waals surface area contributed by atoms with Crippen molar-refractivity contribution in [1.29, 1.82) is 0 Å². The zero-order valence-corrected chi connectivity index (χ0v) is 11.0. The van der Waals surface area contributed by atoms with E-state index in [2.05, 4.69) is 5.43 Å². The molecule has 1 aromatic rings. The van der Waals surface area contributed by atoms with Crippen molar-refractivity contribution < 1.29 is 14.4 Å². The minimum absolute atomic E-state index is 0.0185. The van der Waals surface area contributed by atoms with Gasteiger partial charge in [-0.3, -0.25) is 15.0 Å². The van der Waals surface area contributed by atoms with Gasteiger partial charge in [-0.05, 0) is 24.5 Å². The molecule has 0 atom stereocenters. The molecular weight excluding hydrogens is 256 g/mol. The third kappa shape index (κ3) is 4.05. The molecule has 1 aliphatic rings. The molecule has 1 saturated carbocycles. The monoisotopic (exact) mass is 272 g/mol. The minimum atomic E-state index is -0.421. The summed E-state index contributed by atoms with van der Waals surface area (Å²) in [6.45, 7) is -0.156. The largest absolute Gasteiger partial charge is 0.301 e. The number of amides is 2. The van der Waals surface area contributed by atoms with Crippen LogP contribution < -0.4 is 5.43 Å². The van der Waals surface area contributed by atoms with Crippen LogP contribution in [0, 0.1) is 5.92 Å². The van der Waals surface area contributed by atoms with E-state index in [1.54, 1.807) is 6.08 Å². The summed E-state index contributed by atoms with van der Waals surface area (Å²) in [7, 11) is 0. The van der Waals surface area contributed by atoms with Crippen LogP contribution in [-0.2, 0) is 14.4 Å². The molecule has 2 rings (SSSR count). The summed E-state index contributed by atoms with van der Waals surface area (Å²) < 4.78 is 0. The van der Waals surface area contributed by atoms with Gasteiger partial charge in [-0.25, -0.2) is 5.01 Å². The van der Waals surface area contributed by atoms with E-state index >= 15 is 0 Å². The standard InChI is InChI=1S/C15H16N2O3/c18-11-10-17(16-15(20)13-7-8-13)14(19)9-6-12-4-2-1-3-5-12/h1-6,9,11,13H,7-8,10H2,(H,16,20). The number of rotatable bonds is 5. The van der Waals surface area contributed by atoms with Crippen molar-refractivity contribution in [2.24, 2.45) is 5.92 Å². The van der Waals surface area contributed by atoms with Crippen molar-refractivity contribution in [1.82, 2.24) is 10.4 Å². The van der Waals surface area contributed by atoms with Gasteiger partial charge < -0.3 is 4.79 Å². The van der Waals surface area contributed by atoms with Crippen molar-refractivity contribution >= 4 is 24.2 Å². The van der Waals surface area contributed by atoms with E-state index in [4.69, 9.17) is 0 Å². The summed E-state index contributed by atoms with van der Waals surface area (Å²) in [5.74, 6) is -0.640. The molecule has 2 amide bonds. The van der Waals surface area contributed by atoms with E-state index in [-0.39, 0.29) is 18.4 Å². The van der Waals surface area contributed by atoms with Crippen molar-refractivity contribution in [2.45, 2.75) is 12.8 Å². The van der Waals surface area contributed by atoms with Crippen LogP contribution in [0.25, 0.3) is 6.08 Å². The second-order valence-corrected chi connectivity index (χ2v) is 4.61. The van der Waals surface area contributed by atoms with Crippen molar-refractivity contribution in [3.05, 3.63) is 42.0 Å². The van der Waals surface area contributed by atoms with Crippen LogP contribution in [0.1, 0.15) is 18.4 Å². The predicted molar refractivity (Wildman–Crippen MR) is 74.1 cm³/mol. The number of carbonyl (C=O) groups is 3. The van der Waals surface area contributed by atoms with E-state index in [9.17, 15) is 14.4 Å². The van der Waals surface area contributed by atoms with Gasteiger partial charge in [0.25, 0.3) is 5.91 Å². The van der Waals surface area contributed by atoms with E-state index in [1.807, 2.05) is 30.3 Å². The highest BCUT2D eigenvalue weighted by molar-refractivity contribution is 5.94. The number of nitrogens with one attached hydrogen (secondary N) is 1. The summed E-state index contributed by atoms with van der Waals surface area (Å²) in [5, 5.41) is 1.03. The lowest BCUT2D eigenvalue weighted by Crippen LogP contribution is -2.47. The van der Waals surface area contributed by atoms with Gasteiger partial charge in [0.2, 0.25) is 5.91 Å². The number of benzene rings is 1. The Morgan fingerprint density at radius 2 is 1.95 bits per heavy atom. The van der Waals surface area contributed by atoms with E-state index in [0.29, 0.717) is 6.29 Å². The predicted octanol–water partition coefficient (Wildman–Crippen LogP) is 1.17. The van der Waals surface area contributed by atoms with Gasteiger partial charge in [0.15, 0.2) is 0 Å². The highest BCUT2D eigenvalue weighted by Crippen LogP contribution is 2.28. The molecule has 5 nitrogen and oxygen atoms in total. The second kappa shape index (κ2) is 6.65. The molecule has 0 aromatic heterocycles. The Kier molecular flexibility index (Phi) is 4.65. The summed E-state index contributed by atoms with van der Waals surface area (Å²) in [5.41, 5.74) is 3.35. The molecule has 20 heavy (non-hydrogen) atoms. The van der Waals surface area contributed by atoms with Gasteiger partial charge in [0, 0.05) is 12.0 Å². The van der Waals surface area contributed by atoms with Crippen LogP contribution in [0.2, 0.25) is 0 Å². The lowest BCUT2D eigenvalue weighted by Gasteiger charge is -2.19.